The average Bonchev–Trinajstić information content (AvgIpc) is 3.36. The molecule has 0 fully saturated rings. The van der Waals surface area contributed by atoms with Crippen LogP contribution in [0.25, 0.3) is 16.3 Å². The first kappa shape index (κ1) is 19.2. The van der Waals surface area contributed by atoms with Crippen LogP contribution >= 0.6 is 11.3 Å². The molecule has 0 unspecified atom stereocenters. The summed E-state index contributed by atoms with van der Waals surface area (Å²) in [5.74, 6) is -0.176. The van der Waals surface area contributed by atoms with E-state index in [-0.39, 0.29) is 5.91 Å². The predicted molar refractivity (Wildman–Crippen MR) is 120 cm³/mol. The molecule has 2 heterocycles. The Morgan fingerprint density at radius 1 is 0.931 bits per heavy atom. The van der Waals surface area contributed by atoms with Gasteiger partial charge in [0.15, 0.2) is 0 Å². The van der Waals surface area contributed by atoms with E-state index < -0.39 is 0 Å². The third-order valence-corrected chi connectivity index (χ3v) is 5.97. The van der Waals surface area contributed by atoms with Gasteiger partial charge in [0.2, 0.25) is 0 Å². The van der Waals surface area contributed by atoms with Gasteiger partial charge in [0.05, 0.1) is 10.6 Å². The van der Waals surface area contributed by atoms with E-state index >= 15 is 0 Å². The molecule has 1 N–H and O–H groups in total. The molecule has 0 aliphatic carbocycles. The maximum atomic E-state index is 13.2. The Morgan fingerprint density at radius 2 is 1.72 bits per heavy atom. The van der Waals surface area contributed by atoms with Crippen molar-refractivity contribution in [2.75, 3.05) is 5.32 Å². The molecule has 0 saturated carbocycles. The SMILES string of the molecule is Cc1ccc(C)c(-n2nc(-c3cccs3)cc2C(=O)Nc2ccc(C)c(C)c2)c1. The number of hydrogen-bond donors (Lipinski definition) is 1. The summed E-state index contributed by atoms with van der Waals surface area (Å²) in [6, 6.07) is 18.0. The van der Waals surface area contributed by atoms with Crippen molar-refractivity contribution < 1.29 is 4.79 Å². The highest BCUT2D eigenvalue weighted by Crippen LogP contribution is 2.27. The summed E-state index contributed by atoms with van der Waals surface area (Å²) >= 11 is 1.61. The van der Waals surface area contributed by atoms with Crippen LogP contribution in [0.2, 0.25) is 0 Å². The Morgan fingerprint density at radius 3 is 2.45 bits per heavy atom. The van der Waals surface area contributed by atoms with E-state index in [0.29, 0.717) is 5.69 Å². The first-order valence-electron chi connectivity index (χ1n) is 9.52. The molecule has 0 aliphatic rings. The van der Waals surface area contributed by atoms with Crippen molar-refractivity contribution in [3.8, 4) is 16.3 Å². The lowest BCUT2D eigenvalue weighted by molar-refractivity contribution is 0.101. The van der Waals surface area contributed by atoms with Crippen LogP contribution in [-0.2, 0) is 0 Å². The summed E-state index contributed by atoms with van der Waals surface area (Å²) in [5, 5.41) is 9.83. The number of benzene rings is 2. The largest absolute Gasteiger partial charge is 0.321 e. The smallest absolute Gasteiger partial charge is 0.274 e. The molecule has 0 atom stereocenters. The summed E-state index contributed by atoms with van der Waals surface area (Å²) in [4.78, 5) is 14.3. The minimum Gasteiger partial charge on any atom is -0.321 e. The second-order valence-corrected chi connectivity index (χ2v) is 8.29. The fourth-order valence-corrected chi connectivity index (χ4v) is 3.91. The number of carbonyl (C=O) groups is 1. The first-order chi connectivity index (χ1) is 13.9. The van der Waals surface area contributed by atoms with Crippen LogP contribution in [0.1, 0.15) is 32.7 Å². The second kappa shape index (κ2) is 7.68. The summed E-state index contributed by atoms with van der Waals surface area (Å²) in [6.07, 6.45) is 0. The van der Waals surface area contributed by atoms with Crippen molar-refractivity contribution in [3.05, 3.63) is 87.9 Å². The van der Waals surface area contributed by atoms with Crippen molar-refractivity contribution in [3.63, 3.8) is 0 Å². The van der Waals surface area contributed by atoms with Crippen LogP contribution in [0.15, 0.2) is 60.0 Å². The third kappa shape index (κ3) is 3.87. The van der Waals surface area contributed by atoms with Crippen molar-refractivity contribution in [1.29, 1.82) is 0 Å². The number of rotatable bonds is 4. The van der Waals surface area contributed by atoms with Gasteiger partial charge in [-0.15, -0.1) is 11.3 Å². The maximum absolute atomic E-state index is 13.2. The normalized spacial score (nSPS) is 10.9. The average molecular weight is 402 g/mol. The van der Waals surface area contributed by atoms with Crippen LogP contribution < -0.4 is 5.32 Å². The molecule has 4 aromatic rings. The number of carbonyl (C=O) groups excluding carboxylic acids is 1. The van der Waals surface area contributed by atoms with Gasteiger partial charge in [-0.1, -0.05) is 24.3 Å². The van der Waals surface area contributed by atoms with Crippen molar-refractivity contribution in [1.82, 2.24) is 9.78 Å². The van der Waals surface area contributed by atoms with Gasteiger partial charge in [-0.25, -0.2) is 4.68 Å². The number of anilines is 1. The Kier molecular flexibility index (Phi) is 5.07. The second-order valence-electron chi connectivity index (χ2n) is 7.35. The molecule has 0 spiro atoms. The molecule has 146 valence electrons. The molecule has 1 amide bonds. The van der Waals surface area contributed by atoms with Gasteiger partial charge >= 0.3 is 0 Å². The number of aromatic nitrogens is 2. The molecule has 4 nitrogen and oxygen atoms in total. The van der Waals surface area contributed by atoms with Crippen molar-refractivity contribution in [2.45, 2.75) is 27.7 Å². The molecule has 29 heavy (non-hydrogen) atoms. The van der Waals surface area contributed by atoms with Crippen LogP contribution in [-0.4, -0.2) is 15.7 Å². The standard InChI is InChI=1S/C24H23N3OS/c1-15-7-8-17(3)21(12-15)27-22(14-20(26-27)23-6-5-11-29-23)24(28)25-19-10-9-16(2)18(4)13-19/h5-14H,1-4H3,(H,25,28). The number of nitrogens with one attached hydrogen (secondary N) is 1. The molecule has 0 radical (unpaired) electrons. The zero-order chi connectivity index (χ0) is 20.5. The van der Waals surface area contributed by atoms with Gasteiger partial charge < -0.3 is 5.32 Å². The Labute approximate surface area is 174 Å². The maximum Gasteiger partial charge on any atom is 0.274 e. The highest BCUT2D eigenvalue weighted by atomic mass is 32.1. The summed E-state index contributed by atoms with van der Waals surface area (Å²) < 4.78 is 1.76. The Balaban J connectivity index is 1.79. The van der Waals surface area contributed by atoms with E-state index in [9.17, 15) is 4.79 Å². The molecule has 0 bridgehead atoms. The van der Waals surface area contributed by atoms with Crippen molar-refractivity contribution >= 4 is 22.9 Å². The fourth-order valence-electron chi connectivity index (χ4n) is 3.23. The van der Waals surface area contributed by atoms with Gasteiger partial charge in [-0.2, -0.15) is 5.10 Å². The first-order valence-corrected chi connectivity index (χ1v) is 10.4. The van der Waals surface area contributed by atoms with Gasteiger partial charge in [0.1, 0.15) is 11.4 Å². The summed E-state index contributed by atoms with van der Waals surface area (Å²) in [6.45, 7) is 8.18. The molecule has 5 heteroatoms. The van der Waals surface area contributed by atoms with Crippen LogP contribution in [0.5, 0.6) is 0 Å². The molecule has 2 aromatic heterocycles. The third-order valence-electron chi connectivity index (χ3n) is 5.07. The van der Waals surface area contributed by atoms with E-state index in [1.54, 1.807) is 16.0 Å². The lowest BCUT2D eigenvalue weighted by atomic mass is 10.1. The molecular formula is C24H23N3OS. The highest BCUT2D eigenvalue weighted by Gasteiger charge is 2.19. The quantitative estimate of drug-likeness (QED) is 0.450. The zero-order valence-corrected chi connectivity index (χ0v) is 17.8. The number of amides is 1. The Bertz CT molecular complexity index is 1190. The van der Waals surface area contributed by atoms with Gasteiger partial charge in [0.25, 0.3) is 5.91 Å². The predicted octanol–water partition coefficient (Wildman–Crippen LogP) is 6.09. The minimum atomic E-state index is -0.176. The van der Waals surface area contributed by atoms with Crippen LogP contribution in [0.4, 0.5) is 5.69 Å². The topological polar surface area (TPSA) is 46.9 Å². The van der Waals surface area contributed by atoms with E-state index in [0.717, 1.165) is 38.6 Å². The van der Waals surface area contributed by atoms with Crippen molar-refractivity contribution in [2.24, 2.45) is 0 Å². The van der Waals surface area contributed by atoms with Crippen LogP contribution in [0.3, 0.4) is 0 Å². The minimum absolute atomic E-state index is 0.176. The van der Waals surface area contributed by atoms with E-state index in [2.05, 4.69) is 30.4 Å². The fraction of sp³-hybridized carbons (Fsp3) is 0.167. The Hall–Kier alpha value is -3.18. The molecule has 4 rings (SSSR count). The number of aryl methyl sites for hydroxylation is 4. The molecule has 2 aromatic carbocycles. The van der Waals surface area contributed by atoms with Gasteiger partial charge in [-0.3, -0.25) is 4.79 Å². The zero-order valence-electron chi connectivity index (χ0n) is 17.0. The van der Waals surface area contributed by atoms with Gasteiger partial charge in [-0.05, 0) is 85.7 Å². The van der Waals surface area contributed by atoms with E-state index in [1.807, 2.05) is 62.5 Å². The summed E-state index contributed by atoms with van der Waals surface area (Å²) in [7, 11) is 0. The lowest BCUT2D eigenvalue weighted by Gasteiger charge is -2.12. The highest BCUT2D eigenvalue weighted by molar-refractivity contribution is 7.13. The molecular weight excluding hydrogens is 378 g/mol. The molecule has 0 aliphatic heterocycles. The van der Waals surface area contributed by atoms with Crippen LogP contribution in [0, 0.1) is 27.7 Å². The lowest BCUT2D eigenvalue weighted by Crippen LogP contribution is -2.17. The summed E-state index contributed by atoms with van der Waals surface area (Å²) in [5.41, 5.74) is 7.54. The van der Waals surface area contributed by atoms with E-state index in [1.165, 1.54) is 5.56 Å². The monoisotopic (exact) mass is 401 g/mol. The van der Waals surface area contributed by atoms with E-state index in [4.69, 9.17) is 5.10 Å². The number of thiophene rings is 1. The number of hydrogen-bond acceptors (Lipinski definition) is 3. The van der Waals surface area contributed by atoms with Gasteiger partial charge in [0, 0.05) is 5.69 Å². The molecule has 0 saturated heterocycles. The number of nitrogens with zero attached hydrogens (tertiary/aromatic N) is 2.